The van der Waals surface area contributed by atoms with Gasteiger partial charge in [-0.1, -0.05) is 12.1 Å². The summed E-state index contributed by atoms with van der Waals surface area (Å²) >= 11 is 1.77. The third-order valence-electron chi connectivity index (χ3n) is 2.56. The van der Waals surface area contributed by atoms with Gasteiger partial charge in [0.1, 0.15) is 0 Å². The highest BCUT2D eigenvalue weighted by molar-refractivity contribution is 7.98. The van der Waals surface area contributed by atoms with Crippen LogP contribution in [0.25, 0.3) is 0 Å². The first-order chi connectivity index (χ1) is 7.76. The van der Waals surface area contributed by atoms with Crippen molar-refractivity contribution in [1.82, 2.24) is 4.90 Å². The van der Waals surface area contributed by atoms with Gasteiger partial charge >= 0.3 is 0 Å². The highest BCUT2D eigenvalue weighted by Gasteiger charge is 2.00. The molecule has 0 aromatic heterocycles. The zero-order chi connectivity index (χ0) is 11.8. The van der Waals surface area contributed by atoms with Gasteiger partial charge in [0.05, 0.1) is 0 Å². The molecule has 0 aliphatic carbocycles. The van der Waals surface area contributed by atoms with Crippen molar-refractivity contribution in [3.05, 3.63) is 29.8 Å². The number of thioether (sulfide) groups is 1. The molecule has 2 nitrogen and oxygen atoms in total. The van der Waals surface area contributed by atoms with Gasteiger partial charge in [0.25, 0.3) is 0 Å². The van der Waals surface area contributed by atoms with Crippen molar-refractivity contribution < 1.29 is 5.11 Å². The minimum atomic E-state index is 0.302. The smallest absolute Gasteiger partial charge is 0.0431 e. The van der Waals surface area contributed by atoms with Gasteiger partial charge in [0, 0.05) is 18.0 Å². The number of rotatable bonds is 7. The number of aliphatic hydroxyl groups is 1. The first-order valence-corrected chi connectivity index (χ1v) is 6.91. The van der Waals surface area contributed by atoms with Crippen LogP contribution in [0, 0.1) is 0 Å². The Balaban J connectivity index is 2.34. The Morgan fingerprint density at radius 1 is 1.19 bits per heavy atom. The summed E-state index contributed by atoms with van der Waals surface area (Å²) in [5.41, 5.74) is 1.35. The summed E-state index contributed by atoms with van der Waals surface area (Å²) in [6, 6.07) is 8.71. The molecule has 1 N–H and O–H groups in total. The summed E-state index contributed by atoms with van der Waals surface area (Å²) in [6.07, 6.45) is 4.06. The van der Waals surface area contributed by atoms with Crippen molar-refractivity contribution in [3.8, 4) is 0 Å². The average Bonchev–Trinajstić information content (AvgIpc) is 2.30. The highest BCUT2D eigenvalue weighted by atomic mass is 32.2. The van der Waals surface area contributed by atoms with Crippen LogP contribution in [0.5, 0.6) is 0 Å². The second kappa shape index (κ2) is 7.71. The lowest BCUT2D eigenvalue weighted by molar-refractivity contribution is 0.261. The predicted octanol–water partition coefficient (Wildman–Crippen LogP) is 2.61. The molecule has 0 heterocycles. The molecule has 0 atom stereocenters. The fraction of sp³-hybridized carbons (Fsp3) is 0.538. The van der Waals surface area contributed by atoms with Crippen LogP contribution < -0.4 is 0 Å². The third kappa shape index (κ3) is 5.01. The molecule has 1 rings (SSSR count). The molecule has 0 aliphatic rings. The van der Waals surface area contributed by atoms with Crippen LogP contribution in [0.2, 0.25) is 0 Å². The molecule has 0 aliphatic heterocycles. The van der Waals surface area contributed by atoms with E-state index in [1.165, 1.54) is 10.5 Å². The Hall–Kier alpha value is -0.510. The zero-order valence-electron chi connectivity index (χ0n) is 10.1. The largest absolute Gasteiger partial charge is 0.396 e. The molecule has 0 spiro atoms. The van der Waals surface area contributed by atoms with Crippen LogP contribution in [0.3, 0.4) is 0 Å². The van der Waals surface area contributed by atoms with E-state index in [4.69, 9.17) is 5.11 Å². The fourth-order valence-electron chi connectivity index (χ4n) is 1.62. The van der Waals surface area contributed by atoms with Gasteiger partial charge in [-0.25, -0.2) is 0 Å². The van der Waals surface area contributed by atoms with Gasteiger partial charge < -0.3 is 10.0 Å². The van der Waals surface area contributed by atoms with Gasteiger partial charge in [-0.2, -0.15) is 0 Å². The Morgan fingerprint density at radius 3 is 2.44 bits per heavy atom. The summed E-state index contributed by atoms with van der Waals surface area (Å²) in [7, 11) is 2.12. The Bertz CT molecular complexity index is 286. The molecule has 0 unspecified atom stereocenters. The lowest BCUT2D eigenvalue weighted by Gasteiger charge is -2.16. The molecule has 16 heavy (non-hydrogen) atoms. The summed E-state index contributed by atoms with van der Waals surface area (Å²) in [6.45, 7) is 2.33. The molecule has 0 amide bonds. The molecule has 1 aromatic rings. The number of benzene rings is 1. The van der Waals surface area contributed by atoms with Gasteiger partial charge in [-0.05, 0) is 50.4 Å². The van der Waals surface area contributed by atoms with Crippen LogP contribution in [-0.4, -0.2) is 36.5 Å². The summed E-state index contributed by atoms with van der Waals surface area (Å²) in [5.74, 6) is 0. The van der Waals surface area contributed by atoms with E-state index >= 15 is 0 Å². The number of hydrogen-bond acceptors (Lipinski definition) is 3. The predicted molar refractivity (Wildman–Crippen MR) is 70.9 cm³/mol. The van der Waals surface area contributed by atoms with E-state index in [0.717, 1.165) is 25.9 Å². The second-order valence-corrected chi connectivity index (χ2v) is 4.90. The first-order valence-electron chi connectivity index (χ1n) is 5.68. The second-order valence-electron chi connectivity index (χ2n) is 4.02. The lowest BCUT2D eigenvalue weighted by atomic mass is 10.2. The fourth-order valence-corrected chi connectivity index (χ4v) is 2.02. The van der Waals surface area contributed by atoms with Gasteiger partial charge in [-0.3, -0.25) is 0 Å². The SMILES string of the molecule is CSc1ccc(CN(C)CCCCO)cc1. The molecule has 3 heteroatoms. The van der Waals surface area contributed by atoms with Gasteiger partial charge in [0.2, 0.25) is 0 Å². The molecule has 0 radical (unpaired) electrons. The van der Waals surface area contributed by atoms with E-state index in [2.05, 4.69) is 42.5 Å². The van der Waals surface area contributed by atoms with Crippen LogP contribution in [-0.2, 0) is 6.54 Å². The minimum Gasteiger partial charge on any atom is -0.396 e. The molecular formula is C13H21NOS. The molecule has 0 bridgehead atoms. The molecule has 0 saturated carbocycles. The first kappa shape index (κ1) is 13.6. The number of nitrogens with zero attached hydrogens (tertiary/aromatic N) is 1. The Labute approximate surface area is 103 Å². The minimum absolute atomic E-state index is 0.302. The van der Waals surface area contributed by atoms with Crippen molar-refractivity contribution >= 4 is 11.8 Å². The van der Waals surface area contributed by atoms with Crippen molar-refractivity contribution in [2.24, 2.45) is 0 Å². The normalized spacial score (nSPS) is 11.0. The third-order valence-corrected chi connectivity index (χ3v) is 3.30. The number of aliphatic hydroxyl groups excluding tert-OH is 1. The maximum Gasteiger partial charge on any atom is 0.0431 e. The van der Waals surface area contributed by atoms with Gasteiger partial charge in [0.15, 0.2) is 0 Å². The van der Waals surface area contributed by atoms with Crippen molar-refractivity contribution in [2.75, 3.05) is 26.5 Å². The average molecular weight is 239 g/mol. The summed E-state index contributed by atoms with van der Waals surface area (Å²) in [4.78, 5) is 3.61. The van der Waals surface area contributed by atoms with E-state index in [9.17, 15) is 0 Å². The lowest BCUT2D eigenvalue weighted by Crippen LogP contribution is -2.19. The van der Waals surface area contributed by atoms with E-state index < -0.39 is 0 Å². The maximum absolute atomic E-state index is 8.71. The van der Waals surface area contributed by atoms with E-state index in [0.29, 0.717) is 6.61 Å². The summed E-state index contributed by atoms with van der Waals surface area (Å²) < 4.78 is 0. The van der Waals surface area contributed by atoms with E-state index in [1.54, 1.807) is 11.8 Å². The van der Waals surface area contributed by atoms with Crippen LogP contribution in [0.1, 0.15) is 18.4 Å². The monoisotopic (exact) mass is 239 g/mol. The van der Waals surface area contributed by atoms with Crippen LogP contribution >= 0.6 is 11.8 Å². The van der Waals surface area contributed by atoms with E-state index in [1.807, 2.05) is 0 Å². The van der Waals surface area contributed by atoms with Crippen molar-refractivity contribution in [1.29, 1.82) is 0 Å². The van der Waals surface area contributed by atoms with Crippen molar-refractivity contribution in [3.63, 3.8) is 0 Å². The Kier molecular flexibility index (Phi) is 6.53. The number of unbranched alkanes of at least 4 members (excludes halogenated alkanes) is 1. The molecule has 0 fully saturated rings. The van der Waals surface area contributed by atoms with Crippen LogP contribution in [0.4, 0.5) is 0 Å². The summed E-state index contributed by atoms with van der Waals surface area (Å²) in [5, 5.41) is 8.71. The highest BCUT2D eigenvalue weighted by Crippen LogP contribution is 2.15. The number of hydrogen-bond donors (Lipinski definition) is 1. The molecule has 0 saturated heterocycles. The van der Waals surface area contributed by atoms with Gasteiger partial charge in [-0.15, -0.1) is 11.8 Å². The Morgan fingerprint density at radius 2 is 1.88 bits per heavy atom. The van der Waals surface area contributed by atoms with Crippen LogP contribution in [0.15, 0.2) is 29.2 Å². The maximum atomic E-state index is 8.71. The standard InChI is InChI=1S/C13H21NOS/c1-14(9-3-4-10-15)11-12-5-7-13(16-2)8-6-12/h5-8,15H,3-4,9-11H2,1-2H3. The molecule has 1 aromatic carbocycles. The topological polar surface area (TPSA) is 23.5 Å². The van der Waals surface area contributed by atoms with Crippen molar-refractivity contribution in [2.45, 2.75) is 24.3 Å². The quantitative estimate of drug-likeness (QED) is 0.584. The molecular weight excluding hydrogens is 218 g/mol. The van der Waals surface area contributed by atoms with E-state index in [-0.39, 0.29) is 0 Å². The zero-order valence-corrected chi connectivity index (χ0v) is 11.0. The molecule has 90 valence electrons.